The number of nitrogens with one attached hydrogen (secondary N) is 1. The molecular weight excluding hydrogens is 367 g/mol. The number of pyridine rings is 1. The van der Waals surface area contributed by atoms with E-state index in [9.17, 15) is 9.90 Å². The number of carbonyl (C=O) groups excluding carboxylic acids is 1. The minimum absolute atomic E-state index is 0.0108. The van der Waals surface area contributed by atoms with Crippen molar-refractivity contribution in [3.05, 3.63) is 83.9 Å². The second-order valence-electron chi connectivity index (χ2n) is 8.01. The van der Waals surface area contributed by atoms with Crippen LogP contribution in [0.5, 0.6) is 0 Å². The predicted molar refractivity (Wildman–Crippen MR) is 113 cm³/mol. The third kappa shape index (κ3) is 4.87. The molecule has 1 aromatic heterocycles. The molecule has 2 N–H and O–H groups in total. The van der Waals surface area contributed by atoms with Gasteiger partial charge in [0.1, 0.15) is 11.8 Å². The van der Waals surface area contributed by atoms with E-state index < -0.39 is 17.3 Å². The highest BCUT2D eigenvalue weighted by Gasteiger charge is 2.24. The monoisotopic (exact) mass is 392 g/mol. The first kappa shape index (κ1) is 20.7. The fraction of sp³-hybridized carbons (Fsp3) is 0.250. The van der Waals surface area contributed by atoms with Crippen molar-refractivity contribution in [1.82, 2.24) is 4.98 Å². The fourth-order valence-corrected chi connectivity index (χ4v) is 2.97. The minimum Gasteiger partial charge on any atom is -0.386 e. The molecule has 0 radical (unpaired) electrons. The summed E-state index contributed by atoms with van der Waals surface area (Å²) in [4.78, 5) is 16.5. The highest BCUT2D eigenvalue weighted by Crippen LogP contribution is 2.33. The third-order valence-electron chi connectivity index (χ3n) is 4.65. The van der Waals surface area contributed by atoms with Crippen molar-refractivity contribution in [2.24, 2.45) is 5.41 Å². The molecule has 29 heavy (non-hydrogen) atoms. The van der Waals surface area contributed by atoms with Crippen LogP contribution in [0.3, 0.4) is 0 Å². The zero-order chi connectivity index (χ0) is 21.0. The van der Waals surface area contributed by atoms with Crippen LogP contribution in [0.15, 0.2) is 66.9 Å². The Labute approximate surface area is 170 Å². The van der Waals surface area contributed by atoms with Gasteiger partial charge in [-0.3, -0.25) is 9.78 Å². The number of rotatable bonds is 5. The topological polar surface area (TPSA) is 62.2 Å². The number of nitrogens with zero attached hydrogens (tertiary/aromatic N) is 1. The van der Waals surface area contributed by atoms with E-state index in [1.807, 2.05) is 51.1 Å². The molecule has 150 valence electrons. The van der Waals surface area contributed by atoms with Crippen LogP contribution in [-0.4, -0.2) is 16.0 Å². The molecule has 1 heterocycles. The molecule has 0 saturated heterocycles. The zero-order valence-corrected chi connectivity index (χ0v) is 16.8. The number of carbonyl (C=O) groups is 1. The first-order chi connectivity index (χ1) is 13.8. The van der Waals surface area contributed by atoms with Gasteiger partial charge in [0.25, 0.3) is 0 Å². The maximum Gasteiger partial charge on any atom is 0.229 e. The lowest BCUT2D eigenvalue weighted by Crippen LogP contribution is -2.27. The summed E-state index contributed by atoms with van der Waals surface area (Å²) in [6.07, 6.45) is 0.662. The summed E-state index contributed by atoms with van der Waals surface area (Å²) >= 11 is 0. The van der Waals surface area contributed by atoms with Crippen LogP contribution in [-0.2, 0) is 11.2 Å². The van der Waals surface area contributed by atoms with E-state index >= 15 is 4.39 Å². The van der Waals surface area contributed by atoms with Crippen LogP contribution < -0.4 is 5.32 Å². The number of hydrogen-bond donors (Lipinski definition) is 2. The average molecular weight is 392 g/mol. The Morgan fingerprint density at radius 1 is 1.03 bits per heavy atom. The van der Waals surface area contributed by atoms with Gasteiger partial charge in [-0.25, -0.2) is 4.39 Å². The van der Waals surface area contributed by atoms with Crippen molar-refractivity contribution in [3.8, 4) is 11.1 Å². The largest absolute Gasteiger partial charge is 0.386 e. The second-order valence-corrected chi connectivity index (χ2v) is 8.01. The van der Waals surface area contributed by atoms with Crippen molar-refractivity contribution >= 4 is 11.6 Å². The maximum absolute atomic E-state index is 15.3. The number of aliphatic hydroxyl groups is 1. The smallest absolute Gasteiger partial charge is 0.229 e. The van der Waals surface area contributed by atoms with Crippen LogP contribution in [0.2, 0.25) is 0 Å². The Morgan fingerprint density at radius 2 is 1.69 bits per heavy atom. The van der Waals surface area contributed by atoms with Gasteiger partial charge in [-0.2, -0.15) is 0 Å². The summed E-state index contributed by atoms with van der Waals surface area (Å²) in [5.41, 5.74) is 1.64. The lowest BCUT2D eigenvalue weighted by atomic mass is 9.94. The Kier molecular flexibility index (Phi) is 6.09. The molecule has 3 rings (SSSR count). The summed E-state index contributed by atoms with van der Waals surface area (Å²) in [6.45, 7) is 5.45. The number of para-hydroxylation sites is 1. The molecule has 0 fully saturated rings. The summed E-state index contributed by atoms with van der Waals surface area (Å²) in [5, 5.41) is 13.5. The van der Waals surface area contributed by atoms with Gasteiger partial charge in [0.05, 0.1) is 0 Å². The van der Waals surface area contributed by atoms with Crippen molar-refractivity contribution in [2.45, 2.75) is 33.3 Å². The van der Waals surface area contributed by atoms with E-state index in [1.54, 1.807) is 30.3 Å². The standard InChI is InChI=1S/C24H25FN2O2/c1-24(2,3)23(29)27-19-12-8-7-11-17(19)18-13-14-26-22(21(18)25)20(28)15-16-9-5-4-6-10-16/h4-14,20,28H,15H2,1-3H3,(H,27,29). The van der Waals surface area contributed by atoms with Gasteiger partial charge in [-0.05, 0) is 17.7 Å². The molecule has 1 unspecified atom stereocenters. The first-order valence-corrected chi connectivity index (χ1v) is 9.54. The molecule has 0 aliphatic carbocycles. The molecule has 0 aliphatic heterocycles. The summed E-state index contributed by atoms with van der Waals surface area (Å²) < 4.78 is 15.3. The Balaban J connectivity index is 1.95. The van der Waals surface area contributed by atoms with Crippen molar-refractivity contribution < 1.29 is 14.3 Å². The molecule has 0 bridgehead atoms. The van der Waals surface area contributed by atoms with E-state index in [0.29, 0.717) is 11.3 Å². The quantitative estimate of drug-likeness (QED) is 0.631. The van der Waals surface area contributed by atoms with Gasteiger partial charge >= 0.3 is 0 Å². The van der Waals surface area contributed by atoms with Gasteiger partial charge in [0.15, 0.2) is 5.82 Å². The normalized spacial score (nSPS) is 12.4. The Bertz CT molecular complexity index is 997. The van der Waals surface area contributed by atoms with Crippen molar-refractivity contribution in [2.75, 3.05) is 5.32 Å². The fourth-order valence-electron chi connectivity index (χ4n) is 2.97. The van der Waals surface area contributed by atoms with Crippen LogP contribution in [0.4, 0.5) is 10.1 Å². The van der Waals surface area contributed by atoms with Gasteiger partial charge < -0.3 is 10.4 Å². The molecule has 3 aromatic rings. The van der Waals surface area contributed by atoms with E-state index in [2.05, 4.69) is 10.3 Å². The molecule has 4 nitrogen and oxygen atoms in total. The SMILES string of the molecule is CC(C)(C)C(=O)Nc1ccccc1-c1ccnc(C(O)Cc2ccccc2)c1F. The molecular formula is C24H25FN2O2. The van der Waals surface area contributed by atoms with Gasteiger partial charge in [0.2, 0.25) is 5.91 Å². The van der Waals surface area contributed by atoms with Gasteiger partial charge in [0, 0.05) is 34.8 Å². The Morgan fingerprint density at radius 3 is 2.38 bits per heavy atom. The molecule has 0 aliphatic rings. The number of hydrogen-bond acceptors (Lipinski definition) is 3. The molecule has 2 aromatic carbocycles. The summed E-state index contributed by atoms with van der Waals surface area (Å²) in [5.74, 6) is -0.753. The number of aromatic nitrogens is 1. The van der Waals surface area contributed by atoms with E-state index in [-0.39, 0.29) is 23.6 Å². The summed E-state index contributed by atoms with van der Waals surface area (Å²) in [6, 6.07) is 18.0. The number of amides is 1. The molecule has 5 heteroatoms. The number of aliphatic hydroxyl groups excluding tert-OH is 1. The van der Waals surface area contributed by atoms with Crippen LogP contribution in [0, 0.1) is 11.2 Å². The van der Waals surface area contributed by atoms with Crippen LogP contribution in [0.25, 0.3) is 11.1 Å². The summed E-state index contributed by atoms with van der Waals surface area (Å²) in [7, 11) is 0. The number of halogens is 1. The molecule has 1 atom stereocenters. The average Bonchev–Trinajstić information content (AvgIpc) is 2.69. The van der Waals surface area contributed by atoms with Gasteiger partial charge in [-0.1, -0.05) is 69.3 Å². The lowest BCUT2D eigenvalue weighted by Gasteiger charge is -2.20. The lowest BCUT2D eigenvalue weighted by molar-refractivity contribution is -0.123. The zero-order valence-electron chi connectivity index (χ0n) is 16.8. The first-order valence-electron chi connectivity index (χ1n) is 9.54. The minimum atomic E-state index is -1.08. The molecule has 0 spiro atoms. The van der Waals surface area contributed by atoms with Crippen LogP contribution in [0.1, 0.15) is 38.1 Å². The second kappa shape index (κ2) is 8.53. The van der Waals surface area contributed by atoms with E-state index in [0.717, 1.165) is 5.56 Å². The maximum atomic E-state index is 15.3. The number of anilines is 1. The van der Waals surface area contributed by atoms with E-state index in [4.69, 9.17) is 0 Å². The highest BCUT2D eigenvalue weighted by molar-refractivity contribution is 5.98. The Hall–Kier alpha value is -3.05. The highest BCUT2D eigenvalue weighted by atomic mass is 19.1. The third-order valence-corrected chi connectivity index (χ3v) is 4.65. The van der Waals surface area contributed by atoms with Crippen molar-refractivity contribution in [3.63, 3.8) is 0 Å². The number of benzene rings is 2. The predicted octanol–water partition coefficient (Wildman–Crippen LogP) is 5.15. The van der Waals surface area contributed by atoms with E-state index in [1.165, 1.54) is 6.20 Å². The van der Waals surface area contributed by atoms with Crippen LogP contribution >= 0.6 is 0 Å². The molecule has 0 saturated carbocycles. The molecule has 1 amide bonds. The van der Waals surface area contributed by atoms with Crippen molar-refractivity contribution in [1.29, 1.82) is 0 Å². The van der Waals surface area contributed by atoms with Gasteiger partial charge in [-0.15, -0.1) is 0 Å².